The smallest absolute Gasteiger partial charge is 0.243 e. The Morgan fingerprint density at radius 2 is 1.91 bits per heavy atom. The average molecular weight is 365 g/mol. The predicted molar refractivity (Wildman–Crippen MR) is 88.2 cm³/mol. The van der Waals surface area contributed by atoms with Crippen molar-refractivity contribution in [3.05, 3.63) is 34.3 Å². The molecule has 0 spiro atoms. The van der Waals surface area contributed by atoms with Gasteiger partial charge in [-0.15, -0.1) is 0 Å². The van der Waals surface area contributed by atoms with E-state index in [1.807, 2.05) is 31.2 Å². The summed E-state index contributed by atoms with van der Waals surface area (Å²) in [6.07, 6.45) is 3.67. The van der Waals surface area contributed by atoms with Crippen LogP contribution >= 0.6 is 15.9 Å². The summed E-state index contributed by atoms with van der Waals surface area (Å²) in [5, 5.41) is 3.05. The number of likely N-dealkylation sites (tertiary alicyclic amines) is 1. The van der Waals surface area contributed by atoms with Crippen LogP contribution in [0.15, 0.2) is 28.7 Å². The van der Waals surface area contributed by atoms with E-state index in [0.717, 1.165) is 42.3 Å². The maximum absolute atomic E-state index is 12.5. The van der Waals surface area contributed by atoms with Crippen LogP contribution in [0, 0.1) is 5.92 Å². The Labute approximate surface area is 139 Å². The first-order chi connectivity index (χ1) is 10.6. The molecule has 1 saturated heterocycles. The van der Waals surface area contributed by atoms with Gasteiger partial charge in [0.15, 0.2) is 0 Å². The lowest BCUT2D eigenvalue weighted by molar-refractivity contribution is -0.139. The first-order valence-electron chi connectivity index (χ1n) is 7.92. The van der Waals surface area contributed by atoms with Crippen molar-refractivity contribution < 1.29 is 9.59 Å². The van der Waals surface area contributed by atoms with Crippen LogP contribution in [-0.2, 0) is 9.59 Å². The molecule has 1 N–H and O–H groups in total. The van der Waals surface area contributed by atoms with Crippen LogP contribution in [0.3, 0.4) is 0 Å². The molecule has 0 bridgehead atoms. The number of nitrogens with one attached hydrogen (secondary N) is 1. The fourth-order valence-corrected chi connectivity index (χ4v) is 3.28. The molecular weight excluding hydrogens is 344 g/mol. The Kier molecular flexibility index (Phi) is 4.52. The quantitative estimate of drug-likeness (QED) is 0.892. The van der Waals surface area contributed by atoms with Crippen molar-refractivity contribution in [3.8, 4) is 0 Å². The van der Waals surface area contributed by atoms with Crippen LogP contribution in [0.1, 0.15) is 44.2 Å². The number of benzene rings is 1. The summed E-state index contributed by atoms with van der Waals surface area (Å²) in [7, 11) is 0. The molecule has 1 heterocycles. The summed E-state index contributed by atoms with van der Waals surface area (Å²) >= 11 is 3.41. The Bertz CT molecular complexity index is 569. The number of hydrogen-bond donors (Lipinski definition) is 1. The van der Waals surface area contributed by atoms with Gasteiger partial charge in [-0.1, -0.05) is 28.1 Å². The second kappa shape index (κ2) is 6.41. The molecule has 22 heavy (non-hydrogen) atoms. The minimum Gasteiger partial charge on any atom is -0.348 e. The maximum Gasteiger partial charge on any atom is 0.243 e. The van der Waals surface area contributed by atoms with Crippen molar-refractivity contribution >= 4 is 27.7 Å². The summed E-state index contributed by atoms with van der Waals surface area (Å²) in [5.74, 6) is 0.327. The molecule has 5 heteroatoms. The zero-order valence-electron chi connectivity index (χ0n) is 12.7. The lowest BCUT2D eigenvalue weighted by Gasteiger charge is -2.25. The molecule has 2 amide bonds. The number of carbonyl (C=O) groups excluding carboxylic acids is 2. The average Bonchev–Trinajstić information content (AvgIpc) is 3.23. The van der Waals surface area contributed by atoms with Crippen LogP contribution in [0.25, 0.3) is 0 Å². The van der Waals surface area contributed by atoms with E-state index in [2.05, 4.69) is 21.2 Å². The summed E-state index contributed by atoms with van der Waals surface area (Å²) < 4.78 is 1.02. The van der Waals surface area contributed by atoms with Crippen LogP contribution in [0.4, 0.5) is 0 Å². The standard InChI is InChI=1S/C17H21BrN2O2/c1-11(12-6-8-14(18)9-7-12)19-16(21)15-3-2-10-20(15)17(22)13-4-5-13/h6-9,11,13,15H,2-5,10H2,1H3,(H,19,21)/t11-,15+/m0/s1. The first-order valence-corrected chi connectivity index (χ1v) is 8.72. The molecule has 1 aliphatic carbocycles. The summed E-state index contributed by atoms with van der Waals surface area (Å²) in [5.41, 5.74) is 1.06. The van der Waals surface area contributed by atoms with Gasteiger partial charge in [-0.3, -0.25) is 9.59 Å². The first kappa shape index (κ1) is 15.5. The van der Waals surface area contributed by atoms with Crippen molar-refractivity contribution in [2.45, 2.75) is 44.7 Å². The number of nitrogens with zero attached hydrogens (tertiary/aromatic N) is 1. The molecule has 4 nitrogen and oxygen atoms in total. The third kappa shape index (κ3) is 3.35. The highest BCUT2D eigenvalue weighted by Crippen LogP contribution is 2.33. The second-order valence-corrected chi connectivity index (χ2v) is 7.16. The van der Waals surface area contributed by atoms with E-state index in [9.17, 15) is 9.59 Å². The number of carbonyl (C=O) groups is 2. The van der Waals surface area contributed by atoms with Crippen molar-refractivity contribution in [1.82, 2.24) is 10.2 Å². The monoisotopic (exact) mass is 364 g/mol. The summed E-state index contributed by atoms with van der Waals surface area (Å²) in [6.45, 7) is 2.70. The molecule has 118 valence electrons. The van der Waals surface area contributed by atoms with Gasteiger partial charge in [0.1, 0.15) is 6.04 Å². The highest BCUT2D eigenvalue weighted by molar-refractivity contribution is 9.10. The van der Waals surface area contributed by atoms with E-state index < -0.39 is 0 Å². The maximum atomic E-state index is 12.5. The number of amides is 2. The minimum atomic E-state index is -0.286. The van der Waals surface area contributed by atoms with Gasteiger partial charge in [0.25, 0.3) is 0 Å². The van der Waals surface area contributed by atoms with Crippen LogP contribution < -0.4 is 5.32 Å². The molecule has 0 aromatic heterocycles. The van der Waals surface area contributed by atoms with Crippen molar-refractivity contribution in [2.24, 2.45) is 5.92 Å². The van der Waals surface area contributed by atoms with Crippen molar-refractivity contribution in [2.75, 3.05) is 6.54 Å². The van der Waals surface area contributed by atoms with Crippen molar-refractivity contribution in [3.63, 3.8) is 0 Å². The Morgan fingerprint density at radius 3 is 2.55 bits per heavy atom. The molecule has 0 radical (unpaired) electrons. The molecule has 2 fully saturated rings. The topological polar surface area (TPSA) is 49.4 Å². The minimum absolute atomic E-state index is 0.0260. The second-order valence-electron chi connectivity index (χ2n) is 6.25. The molecular formula is C17H21BrN2O2. The highest BCUT2D eigenvalue weighted by atomic mass is 79.9. The SMILES string of the molecule is C[C@H](NC(=O)[C@H]1CCCN1C(=O)C1CC1)c1ccc(Br)cc1. The Morgan fingerprint density at radius 1 is 1.23 bits per heavy atom. The van der Waals surface area contributed by atoms with Crippen LogP contribution in [0.5, 0.6) is 0 Å². The fraction of sp³-hybridized carbons (Fsp3) is 0.529. The molecule has 1 saturated carbocycles. The largest absolute Gasteiger partial charge is 0.348 e. The Hall–Kier alpha value is -1.36. The molecule has 2 aliphatic rings. The third-order valence-electron chi connectivity index (χ3n) is 4.49. The van der Waals surface area contributed by atoms with E-state index in [1.165, 1.54) is 0 Å². The fourth-order valence-electron chi connectivity index (χ4n) is 3.01. The normalized spacial score (nSPS) is 22.5. The van der Waals surface area contributed by atoms with E-state index in [-0.39, 0.29) is 29.8 Å². The molecule has 0 unspecified atom stereocenters. The van der Waals surface area contributed by atoms with Gasteiger partial charge in [-0.05, 0) is 50.3 Å². The third-order valence-corrected chi connectivity index (χ3v) is 5.02. The van der Waals surface area contributed by atoms with Gasteiger partial charge in [-0.25, -0.2) is 0 Å². The van der Waals surface area contributed by atoms with Gasteiger partial charge >= 0.3 is 0 Å². The van der Waals surface area contributed by atoms with Crippen molar-refractivity contribution in [1.29, 1.82) is 0 Å². The Balaban J connectivity index is 1.62. The van der Waals surface area contributed by atoms with Gasteiger partial charge in [0, 0.05) is 16.9 Å². The van der Waals surface area contributed by atoms with Gasteiger partial charge in [-0.2, -0.15) is 0 Å². The van der Waals surface area contributed by atoms with Crippen LogP contribution in [-0.4, -0.2) is 29.3 Å². The van der Waals surface area contributed by atoms with Gasteiger partial charge in [0.2, 0.25) is 11.8 Å². The summed E-state index contributed by atoms with van der Waals surface area (Å²) in [6, 6.07) is 7.59. The molecule has 1 aromatic carbocycles. The molecule has 2 atom stereocenters. The molecule has 1 aliphatic heterocycles. The number of rotatable bonds is 4. The van der Waals surface area contributed by atoms with Gasteiger partial charge < -0.3 is 10.2 Å². The number of halogens is 1. The summed E-state index contributed by atoms with van der Waals surface area (Å²) in [4.78, 5) is 26.6. The predicted octanol–water partition coefficient (Wildman–Crippen LogP) is 3.03. The van der Waals surface area contributed by atoms with E-state index in [0.29, 0.717) is 0 Å². The van der Waals surface area contributed by atoms with E-state index in [1.54, 1.807) is 4.90 Å². The van der Waals surface area contributed by atoms with Crippen LogP contribution in [0.2, 0.25) is 0 Å². The zero-order chi connectivity index (χ0) is 15.7. The lowest BCUT2D eigenvalue weighted by Crippen LogP contribution is -2.47. The van der Waals surface area contributed by atoms with Gasteiger partial charge in [0.05, 0.1) is 6.04 Å². The zero-order valence-corrected chi connectivity index (χ0v) is 14.3. The molecule has 1 aromatic rings. The highest BCUT2D eigenvalue weighted by Gasteiger charge is 2.40. The van der Waals surface area contributed by atoms with E-state index in [4.69, 9.17) is 0 Å². The lowest BCUT2D eigenvalue weighted by atomic mass is 10.1. The number of hydrogen-bond acceptors (Lipinski definition) is 2. The molecule has 3 rings (SSSR count). The van der Waals surface area contributed by atoms with E-state index >= 15 is 0 Å².